The lowest BCUT2D eigenvalue weighted by Crippen LogP contribution is -2.17. The second-order valence-electron chi connectivity index (χ2n) is 7.00. The molecule has 7 nitrogen and oxygen atoms in total. The highest BCUT2D eigenvalue weighted by molar-refractivity contribution is 7.99. The fourth-order valence-corrected chi connectivity index (χ4v) is 3.05. The van der Waals surface area contributed by atoms with Gasteiger partial charge in [0.05, 0.1) is 5.75 Å². The van der Waals surface area contributed by atoms with Crippen molar-refractivity contribution in [2.75, 3.05) is 11.1 Å². The molecular weight excluding hydrogens is 402 g/mol. The van der Waals surface area contributed by atoms with Crippen molar-refractivity contribution in [2.45, 2.75) is 32.6 Å². The quantitative estimate of drug-likeness (QED) is 0.398. The Labute approximate surface area is 179 Å². The molecule has 1 N–H and O–H groups in total. The van der Waals surface area contributed by atoms with Gasteiger partial charge < -0.3 is 14.5 Å². The molecule has 0 atom stereocenters. The molecule has 3 rings (SSSR count). The largest absolute Gasteiger partial charge is 0.484 e. The van der Waals surface area contributed by atoms with Crippen molar-refractivity contribution < 1.29 is 18.7 Å². The van der Waals surface area contributed by atoms with E-state index >= 15 is 0 Å². The van der Waals surface area contributed by atoms with Gasteiger partial charge in [0.15, 0.2) is 12.4 Å². The lowest BCUT2D eigenvalue weighted by atomic mass is 10.1. The number of nitrogens with one attached hydrogen (secondary N) is 1. The number of carbonyl (C=O) groups is 2. The van der Waals surface area contributed by atoms with E-state index in [9.17, 15) is 9.59 Å². The number of aryl methyl sites for hydroxylation is 1. The number of benzene rings is 2. The van der Waals surface area contributed by atoms with E-state index in [1.54, 1.807) is 24.3 Å². The third kappa shape index (κ3) is 6.18. The number of nitrogens with zero attached hydrogens (tertiary/aromatic N) is 2. The smallest absolute Gasteiger partial charge is 0.277 e. The molecule has 1 heterocycles. The maximum absolute atomic E-state index is 12.4. The topological polar surface area (TPSA) is 94.3 Å². The zero-order chi connectivity index (χ0) is 21.5. The highest BCUT2D eigenvalue weighted by atomic mass is 32.2. The van der Waals surface area contributed by atoms with Crippen LogP contribution in [0, 0.1) is 12.8 Å². The van der Waals surface area contributed by atoms with Crippen molar-refractivity contribution in [1.29, 1.82) is 0 Å². The molecule has 2 aromatic carbocycles. The number of hydrogen-bond acceptors (Lipinski definition) is 7. The Hall–Kier alpha value is -3.13. The van der Waals surface area contributed by atoms with Crippen molar-refractivity contribution in [3.8, 4) is 5.75 Å². The van der Waals surface area contributed by atoms with E-state index in [0.717, 1.165) is 11.3 Å². The number of hydrogen-bond donors (Lipinski definition) is 1. The normalized spacial score (nSPS) is 10.8. The van der Waals surface area contributed by atoms with Gasteiger partial charge in [0.2, 0.25) is 5.91 Å². The predicted octanol–water partition coefficient (Wildman–Crippen LogP) is 4.53. The first-order valence-corrected chi connectivity index (χ1v) is 10.5. The minimum atomic E-state index is -0.107. The molecular formula is C22H23N3O4S. The van der Waals surface area contributed by atoms with Gasteiger partial charge in [0.1, 0.15) is 5.75 Å². The zero-order valence-electron chi connectivity index (χ0n) is 17.0. The first-order chi connectivity index (χ1) is 14.4. The lowest BCUT2D eigenvalue weighted by molar-refractivity contribution is -0.118. The van der Waals surface area contributed by atoms with Crippen LogP contribution in [0.2, 0.25) is 0 Å². The van der Waals surface area contributed by atoms with Crippen LogP contribution in [-0.4, -0.2) is 27.6 Å². The van der Waals surface area contributed by atoms with E-state index in [2.05, 4.69) is 15.5 Å². The van der Waals surface area contributed by atoms with Gasteiger partial charge >= 0.3 is 0 Å². The average molecular weight is 426 g/mol. The molecule has 0 aliphatic carbocycles. The van der Waals surface area contributed by atoms with Crippen molar-refractivity contribution in [1.82, 2.24) is 10.2 Å². The van der Waals surface area contributed by atoms with Crippen LogP contribution in [0.25, 0.3) is 0 Å². The van der Waals surface area contributed by atoms with E-state index in [1.165, 1.54) is 11.8 Å². The van der Waals surface area contributed by atoms with Crippen molar-refractivity contribution in [3.63, 3.8) is 0 Å². The maximum Gasteiger partial charge on any atom is 0.277 e. The molecule has 8 heteroatoms. The Morgan fingerprint density at radius 3 is 2.43 bits per heavy atom. The Balaban J connectivity index is 1.47. The molecule has 0 saturated heterocycles. The summed E-state index contributed by atoms with van der Waals surface area (Å²) in [6.07, 6.45) is 0. The molecule has 0 fully saturated rings. The van der Waals surface area contributed by atoms with Crippen LogP contribution >= 0.6 is 11.8 Å². The van der Waals surface area contributed by atoms with Gasteiger partial charge in [-0.2, -0.15) is 0 Å². The Morgan fingerprint density at radius 2 is 1.77 bits per heavy atom. The highest BCUT2D eigenvalue weighted by Crippen LogP contribution is 2.20. The van der Waals surface area contributed by atoms with Crippen molar-refractivity contribution >= 4 is 29.1 Å². The summed E-state index contributed by atoms with van der Waals surface area (Å²) < 4.78 is 11.1. The molecule has 0 aliphatic heterocycles. The van der Waals surface area contributed by atoms with Gasteiger partial charge in [0, 0.05) is 17.2 Å². The molecule has 1 amide bonds. The van der Waals surface area contributed by atoms with Gasteiger partial charge in [-0.25, -0.2) is 0 Å². The molecule has 0 radical (unpaired) electrons. The second kappa shape index (κ2) is 10.1. The van der Waals surface area contributed by atoms with E-state index < -0.39 is 0 Å². The lowest BCUT2D eigenvalue weighted by Gasteiger charge is -2.08. The summed E-state index contributed by atoms with van der Waals surface area (Å²) in [6.45, 7) is 5.81. The van der Waals surface area contributed by atoms with Crippen LogP contribution in [0.3, 0.4) is 0 Å². The molecule has 0 unspecified atom stereocenters. The van der Waals surface area contributed by atoms with Crippen LogP contribution in [-0.2, 0) is 11.4 Å². The number of anilines is 1. The maximum atomic E-state index is 12.4. The van der Waals surface area contributed by atoms with E-state index in [0.29, 0.717) is 22.4 Å². The highest BCUT2D eigenvalue weighted by Gasteiger charge is 2.13. The van der Waals surface area contributed by atoms with Crippen LogP contribution in [0.1, 0.15) is 35.7 Å². The molecule has 0 aliphatic rings. The van der Waals surface area contributed by atoms with Gasteiger partial charge in [-0.1, -0.05) is 43.3 Å². The predicted molar refractivity (Wildman–Crippen MR) is 115 cm³/mol. The Morgan fingerprint density at radius 1 is 1.07 bits per heavy atom. The summed E-state index contributed by atoms with van der Waals surface area (Å²) >= 11 is 1.17. The molecule has 30 heavy (non-hydrogen) atoms. The number of amides is 1. The molecule has 3 aromatic rings. The fourth-order valence-electron chi connectivity index (χ4n) is 2.37. The third-order valence-electron chi connectivity index (χ3n) is 4.16. The Kier molecular flexibility index (Phi) is 7.24. The summed E-state index contributed by atoms with van der Waals surface area (Å²) in [4.78, 5) is 24.1. The van der Waals surface area contributed by atoms with E-state index in [1.807, 2.05) is 45.0 Å². The first kappa shape index (κ1) is 21.6. The van der Waals surface area contributed by atoms with Gasteiger partial charge in [-0.05, 0) is 43.3 Å². The number of aromatic nitrogens is 2. The van der Waals surface area contributed by atoms with Gasteiger partial charge in [-0.15, -0.1) is 10.2 Å². The summed E-state index contributed by atoms with van der Waals surface area (Å²) in [5, 5.41) is 11.0. The van der Waals surface area contributed by atoms with Crippen LogP contribution in [0.5, 0.6) is 5.75 Å². The van der Waals surface area contributed by atoms with Crippen LogP contribution in [0.4, 0.5) is 5.69 Å². The minimum absolute atomic E-state index is 0.0665. The van der Waals surface area contributed by atoms with Gasteiger partial charge in [-0.3, -0.25) is 9.59 Å². The SMILES string of the molecule is Cc1ccc(OCc2nnc(SCC(=O)c3ccc(NC(=O)C(C)C)cc3)o2)cc1. The Bertz CT molecular complexity index is 998. The minimum Gasteiger partial charge on any atom is -0.484 e. The summed E-state index contributed by atoms with van der Waals surface area (Å²) in [7, 11) is 0. The molecule has 0 saturated carbocycles. The van der Waals surface area contributed by atoms with Gasteiger partial charge in [0.25, 0.3) is 11.1 Å². The monoisotopic (exact) mass is 425 g/mol. The van der Waals surface area contributed by atoms with Crippen LogP contribution < -0.4 is 10.1 Å². The molecule has 1 aromatic heterocycles. The molecule has 0 bridgehead atoms. The standard InChI is InChI=1S/C22H23N3O4S/c1-14(2)21(27)23-17-8-6-16(7-9-17)19(26)13-30-22-25-24-20(29-22)12-28-18-10-4-15(3)5-11-18/h4-11,14H,12-13H2,1-3H3,(H,23,27). The number of Topliss-reactive ketones (excluding diaryl/α,β-unsaturated/α-hetero) is 1. The van der Waals surface area contributed by atoms with Crippen molar-refractivity contribution in [2.24, 2.45) is 5.92 Å². The molecule has 156 valence electrons. The number of carbonyl (C=O) groups excluding carboxylic acids is 2. The molecule has 0 spiro atoms. The summed E-state index contributed by atoms with van der Waals surface area (Å²) in [5.74, 6) is 0.981. The number of ether oxygens (including phenoxy) is 1. The fraction of sp³-hybridized carbons (Fsp3) is 0.273. The number of rotatable bonds is 9. The zero-order valence-corrected chi connectivity index (χ0v) is 17.9. The second-order valence-corrected chi connectivity index (χ2v) is 7.92. The van der Waals surface area contributed by atoms with E-state index in [-0.39, 0.29) is 30.0 Å². The summed E-state index contributed by atoms with van der Waals surface area (Å²) in [5.41, 5.74) is 2.36. The van der Waals surface area contributed by atoms with Crippen molar-refractivity contribution in [3.05, 3.63) is 65.5 Å². The number of ketones is 1. The number of thioether (sulfide) groups is 1. The third-order valence-corrected chi connectivity index (χ3v) is 4.98. The van der Waals surface area contributed by atoms with Crippen LogP contribution in [0.15, 0.2) is 58.2 Å². The first-order valence-electron chi connectivity index (χ1n) is 9.49. The van der Waals surface area contributed by atoms with E-state index in [4.69, 9.17) is 9.15 Å². The summed E-state index contributed by atoms with van der Waals surface area (Å²) in [6, 6.07) is 14.5. The average Bonchev–Trinajstić information content (AvgIpc) is 3.20.